The van der Waals surface area contributed by atoms with Gasteiger partial charge in [-0.1, -0.05) is 6.92 Å². The number of nitrogens with zero attached hydrogens (tertiary/aromatic N) is 5. The number of likely N-dealkylation sites (N-methyl/N-ethyl adjacent to an activating group) is 1. The second kappa shape index (κ2) is 8.38. The predicted molar refractivity (Wildman–Crippen MR) is 131 cm³/mol. The van der Waals surface area contributed by atoms with E-state index in [2.05, 4.69) is 55.1 Å². The Morgan fingerprint density at radius 1 is 1.25 bits per heavy atom. The third-order valence-corrected chi connectivity index (χ3v) is 7.79. The van der Waals surface area contributed by atoms with Crippen LogP contribution in [0.4, 0.5) is 5.13 Å². The van der Waals surface area contributed by atoms with E-state index in [0.29, 0.717) is 10.7 Å². The molecule has 1 amide bonds. The van der Waals surface area contributed by atoms with E-state index in [0.717, 1.165) is 53.4 Å². The van der Waals surface area contributed by atoms with Crippen molar-refractivity contribution < 1.29 is 4.79 Å². The summed E-state index contributed by atoms with van der Waals surface area (Å²) in [6.45, 7) is 11.3. The molecule has 0 aliphatic carbocycles. The summed E-state index contributed by atoms with van der Waals surface area (Å²) in [5.74, 6) is -0.173. The molecule has 1 aliphatic rings. The van der Waals surface area contributed by atoms with Gasteiger partial charge < -0.3 is 0 Å². The Balaban J connectivity index is 1.53. The topological polar surface area (TPSA) is 75.9 Å². The van der Waals surface area contributed by atoms with Crippen LogP contribution in [-0.4, -0.2) is 43.6 Å². The molecular formula is C23H26N6OS2. The Hall–Kier alpha value is -2.62. The largest absolute Gasteiger partial charge is 0.298 e. The number of amides is 1. The van der Waals surface area contributed by atoms with E-state index in [9.17, 15) is 4.79 Å². The summed E-state index contributed by atoms with van der Waals surface area (Å²) in [6, 6.07) is 6.15. The third-order valence-electron chi connectivity index (χ3n) is 5.77. The summed E-state index contributed by atoms with van der Waals surface area (Å²) in [5.41, 5.74) is 3.20. The van der Waals surface area contributed by atoms with Gasteiger partial charge in [-0.3, -0.25) is 15.0 Å². The molecule has 0 atom stereocenters. The monoisotopic (exact) mass is 466 g/mol. The van der Waals surface area contributed by atoms with Crippen LogP contribution in [-0.2, 0) is 13.0 Å². The van der Waals surface area contributed by atoms with E-state index in [-0.39, 0.29) is 11.9 Å². The molecule has 4 aromatic rings. The Bertz CT molecular complexity index is 1300. The Labute approximate surface area is 195 Å². The fourth-order valence-electron chi connectivity index (χ4n) is 4.02. The number of pyridine rings is 1. The number of aryl methyl sites for hydroxylation is 1. The van der Waals surface area contributed by atoms with Crippen molar-refractivity contribution >= 4 is 44.7 Å². The SMILES string of the molecule is CCN1CCc2nc(NC(=O)c3cc(-c4ccc(C)s4)nc4c3cnn4C(C)C)sc2C1. The number of thiazole rings is 1. The molecule has 1 N–H and O–H groups in total. The lowest BCUT2D eigenvalue weighted by Gasteiger charge is -2.23. The van der Waals surface area contributed by atoms with E-state index in [1.54, 1.807) is 28.9 Å². The van der Waals surface area contributed by atoms with Crippen LogP contribution < -0.4 is 5.32 Å². The fraction of sp³-hybridized carbons (Fsp3) is 0.391. The van der Waals surface area contributed by atoms with Gasteiger partial charge in [-0.15, -0.1) is 22.7 Å². The summed E-state index contributed by atoms with van der Waals surface area (Å²) in [4.78, 5) is 28.9. The Morgan fingerprint density at radius 3 is 2.81 bits per heavy atom. The Morgan fingerprint density at radius 2 is 2.09 bits per heavy atom. The van der Waals surface area contributed by atoms with E-state index in [1.165, 1.54) is 9.75 Å². The first-order valence-electron chi connectivity index (χ1n) is 10.9. The number of hydrogen-bond donors (Lipinski definition) is 1. The van der Waals surface area contributed by atoms with Crippen LogP contribution in [0.5, 0.6) is 0 Å². The number of carbonyl (C=O) groups is 1. The molecule has 7 nitrogen and oxygen atoms in total. The summed E-state index contributed by atoms with van der Waals surface area (Å²) < 4.78 is 1.87. The zero-order valence-corrected chi connectivity index (χ0v) is 20.3. The van der Waals surface area contributed by atoms with E-state index in [4.69, 9.17) is 9.97 Å². The summed E-state index contributed by atoms with van der Waals surface area (Å²) in [5, 5.41) is 8.98. The summed E-state index contributed by atoms with van der Waals surface area (Å²) in [6.07, 6.45) is 2.67. The van der Waals surface area contributed by atoms with E-state index >= 15 is 0 Å². The molecule has 1 aliphatic heterocycles. The number of rotatable bonds is 5. The molecule has 0 saturated heterocycles. The molecule has 5 heterocycles. The molecule has 0 bridgehead atoms. The van der Waals surface area contributed by atoms with Crippen LogP contribution in [0.3, 0.4) is 0 Å². The van der Waals surface area contributed by atoms with Crippen molar-refractivity contribution in [3.05, 3.63) is 45.4 Å². The smallest absolute Gasteiger partial charge is 0.258 e. The van der Waals surface area contributed by atoms with Crippen LogP contribution in [0.2, 0.25) is 0 Å². The standard InChI is InChI=1S/C23H26N6OS2/c1-5-28-9-8-17-20(12-28)32-23(26-17)27-22(30)15-10-18(19-7-6-14(4)31-19)25-21-16(15)11-24-29(21)13(2)3/h6-7,10-11,13H,5,8-9,12H2,1-4H3,(H,26,27,30). The van der Waals surface area contributed by atoms with Gasteiger partial charge in [0, 0.05) is 35.3 Å². The van der Waals surface area contributed by atoms with Crippen molar-refractivity contribution in [1.82, 2.24) is 24.6 Å². The molecule has 32 heavy (non-hydrogen) atoms. The second-order valence-corrected chi connectivity index (χ2v) is 10.7. The highest BCUT2D eigenvalue weighted by atomic mass is 32.1. The molecule has 0 fully saturated rings. The Kier molecular flexibility index (Phi) is 5.56. The third kappa shape index (κ3) is 3.85. The van der Waals surface area contributed by atoms with Gasteiger partial charge in [-0.2, -0.15) is 5.10 Å². The van der Waals surface area contributed by atoms with Crippen molar-refractivity contribution in [2.75, 3.05) is 18.4 Å². The van der Waals surface area contributed by atoms with Crippen LogP contribution in [0.25, 0.3) is 21.6 Å². The summed E-state index contributed by atoms with van der Waals surface area (Å²) >= 11 is 3.25. The normalized spacial score (nSPS) is 14.3. The van der Waals surface area contributed by atoms with Gasteiger partial charge >= 0.3 is 0 Å². The highest BCUT2D eigenvalue weighted by Gasteiger charge is 2.23. The first kappa shape index (κ1) is 21.2. The molecule has 0 unspecified atom stereocenters. The van der Waals surface area contributed by atoms with Gasteiger partial charge in [0.25, 0.3) is 5.91 Å². The van der Waals surface area contributed by atoms with Crippen LogP contribution in [0.1, 0.15) is 52.6 Å². The molecule has 0 spiro atoms. The van der Waals surface area contributed by atoms with Gasteiger partial charge in [0.05, 0.1) is 33.4 Å². The maximum absolute atomic E-state index is 13.4. The van der Waals surface area contributed by atoms with Crippen LogP contribution >= 0.6 is 22.7 Å². The minimum atomic E-state index is -0.173. The maximum Gasteiger partial charge on any atom is 0.258 e. The van der Waals surface area contributed by atoms with Gasteiger partial charge in [0.15, 0.2) is 10.8 Å². The number of hydrogen-bond acceptors (Lipinski definition) is 7. The maximum atomic E-state index is 13.4. The van der Waals surface area contributed by atoms with E-state index in [1.807, 2.05) is 10.7 Å². The number of fused-ring (bicyclic) bond motifs is 2. The first-order valence-corrected chi connectivity index (χ1v) is 12.5. The number of carbonyl (C=O) groups excluding carboxylic acids is 1. The molecule has 0 aromatic carbocycles. The molecule has 5 rings (SSSR count). The summed E-state index contributed by atoms with van der Waals surface area (Å²) in [7, 11) is 0. The lowest BCUT2D eigenvalue weighted by molar-refractivity contribution is 0.102. The van der Waals surface area contributed by atoms with Crippen molar-refractivity contribution in [3.63, 3.8) is 0 Å². The van der Waals surface area contributed by atoms with Gasteiger partial charge in [-0.05, 0) is 45.5 Å². The highest BCUT2D eigenvalue weighted by Crippen LogP contribution is 2.32. The highest BCUT2D eigenvalue weighted by molar-refractivity contribution is 7.16. The average molecular weight is 467 g/mol. The van der Waals surface area contributed by atoms with Gasteiger partial charge in [-0.25, -0.2) is 14.6 Å². The van der Waals surface area contributed by atoms with Gasteiger partial charge in [0.2, 0.25) is 0 Å². The zero-order chi connectivity index (χ0) is 22.4. The molecular weight excluding hydrogens is 440 g/mol. The zero-order valence-electron chi connectivity index (χ0n) is 18.7. The van der Waals surface area contributed by atoms with Crippen molar-refractivity contribution in [2.45, 2.75) is 46.7 Å². The van der Waals surface area contributed by atoms with Gasteiger partial charge in [0.1, 0.15) is 0 Å². The van der Waals surface area contributed by atoms with E-state index < -0.39 is 0 Å². The molecule has 9 heteroatoms. The molecule has 0 saturated carbocycles. The minimum absolute atomic E-state index is 0.142. The molecule has 4 aromatic heterocycles. The van der Waals surface area contributed by atoms with Crippen LogP contribution in [0, 0.1) is 6.92 Å². The number of aromatic nitrogens is 4. The number of anilines is 1. The quantitative estimate of drug-likeness (QED) is 0.441. The molecule has 166 valence electrons. The predicted octanol–water partition coefficient (Wildman–Crippen LogP) is 5.14. The fourth-order valence-corrected chi connectivity index (χ4v) is 5.89. The number of thiophene rings is 1. The molecule has 0 radical (unpaired) electrons. The average Bonchev–Trinajstić information content (AvgIpc) is 3.49. The second-order valence-electron chi connectivity index (χ2n) is 8.35. The first-order chi connectivity index (χ1) is 15.4. The number of nitrogens with one attached hydrogen (secondary N) is 1. The lowest BCUT2D eigenvalue weighted by Crippen LogP contribution is -2.29. The lowest BCUT2D eigenvalue weighted by atomic mass is 10.1. The van der Waals surface area contributed by atoms with Crippen LogP contribution in [0.15, 0.2) is 24.4 Å². The van der Waals surface area contributed by atoms with Crippen molar-refractivity contribution in [2.24, 2.45) is 0 Å². The van der Waals surface area contributed by atoms with Crippen molar-refractivity contribution in [1.29, 1.82) is 0 Å². The van der Waals surface area contributed by atoms with Crippen molar-refractivity contribution in [3.8, 4) is 10.6 Å². The minimum Gasteiger partial charge on any atom is -0.298 e.